The molecule has 1 aromatic heterocycles. The van der Waals surface area contributed by atoms with E-state index in [1.807, 2.05) is 36.4 Å². The SMILES string of the molecule is CC(=O)OCCc1ccccc1OCc1cc(-c2cccc(CN)c2)c2nc[nH]c2c1. The fraction of sp³-hybridized carbons (Fsp3) is 0.200. The van der Waals surface area contributed by atoms with Crippen LogP contribution in [0.4, 0.5) is 0 Å². The zero-order valence-corrected chi connectivity index (χ0v) is 17.4. The number of imidazole rings is 1. The number of carbonyl (C=O) groups is 1. The Labute approximate surface area is 181 Å². The van der Waals surface area contributed by atoms with E-state index in [2.05, 4.69) is 34.2 Å². The van der Waals surface area contributed by atoms with Gasteiger partial charge in [-0.2, -0.15) is 0 Å². The van der Waals surface area contributed by atoms with Crippen molar-refractivity contribution in [3.63, 3.8) is 0 Å². The molecule has 0 spiro atoms. The van der Waals surface area contributed by atoms with Crippen LogP contribution in [-0.2, 0) is 29.1 Å². The first-order chi connectivity index (χ1) is 15.1. The van der Waals surface area contributed by atoms with E-state index in [0.29, 0.717) is 26.2 Å². The molecule has 158 valence electrons. The summed E-state index contributed by atoms with van der Waals surface area (Å²) in [7, 11) is 0. The van der Waals surface area contributed by atoms with Gasteiger partial charge in [-0.05, 0) is 46.5 Å². The molecule has 6 heteroatoms. The Balaban J connectivity index is 1.58. The van der Waals surface area contributed by atoms with Gasteiger partial charge in [-0.3, -0.25) is 4.79 Å². The molecular formula is C25H25N3O3. The zero-order valence-electron chi connectivity index (χ0n) is 17.4. The van der Waals surface area contributed by atoms with Gasteiger partial charge in [0, 0.05) is 25.5 Å². The lowest BCUT2D eigenvalue weighted by Crippen LogP contribution is -2.05. The summed E-state index contributed by atoms with van der Waals surface area (Å²) >= 11 is 0. The summed E-state index contributed by atoms with van der Waals surface area (Å²) in [4.78, 5) is 18.7. The average Bonchev–Trinajstić information content (AvgIpc) is 3.26. The summed E-state index contributed by atoms with van der Waals surface area (Å²) in [6.07, 6.45) is 2.31. The van der Waals surface area contributed by atoms with E-state index in [1.165, 1.54) is 6.92 Å². The first-order valence-corrected chi connectivity index (χ1v) is 10.2. The van der Waals surface area contributed by atoms with E-state index in [9.17, 15) is 4.79 Å². The van der Waals surface area contributed by atoms with Crippen molar-refractivity contribution < 1.29 is 14.3 Å². The van der Waals surface area contributed by atoms with E-state index in [1.54, 1.807) is 6.33 Å². The van der Waals surface area contributed by atoms with Crippen LogP contribution in [0.25, 0.3) is 22.2 Å². The summed E-state index contributed by atoms with van der Waals surface area (Å²) in [6, 6.07) is 20.2. The molecule has 0 saturated heterocycles. The summed E-state index contributed by atoms with van der Waals surface area (Å²) < 4.78 is 11.2. The van der Waals surface area contributed by atoms with E-state index in [-0.39, 0.29) is 5.97 Å². The molecule has 0 fully saturated rings. The number of esters is 1. The molecule has 3 N–H and O–H groups in total. The molecule has 4 rings (SSSR count). The van der Waals surface area contributed by atoms with Gasteiger partial charge in [-0.25, -0.2) is 4.98 Å². The summed E-state index contributed by atoms with van der Waals surface area (Å²) in [5, 5.41) is 0. The van der Waals surface area contributed by atoms with E-state index in [4.69, 9.17) is 15.2 Å². The molecule has 0 saturated carbocycles. The lowest BCUT2D eigenvalue weighted by Gasteiger charge is -2.13. The summed E-state index contributed by atoms with van der Waals surface area (Å²) in [5.41, 5.74) is 12.9. The van der Waals surface area contributed by atoms with Gasteiger partial charge in [-0.15, -0.1) is 0 Å². The highest BCUT2D eigenvalue weighted by Crippen LogP contribution is 2.30. The van der Waals surface area contributed by atoms with Crippen LogP contribution >= 0.6 is 0 Å². The van der Waals surface area contributed by atoms with Crippen molar-refractivity contribution in [1.82, 2.24) is 9.97 Å². The van der Waals surface area contributed by atoms with E-state index in [0.717, 1.165) is 44.6 Å². The molecule has 0 amide bonds. The van der Waals surface area contributed by atoms with Crippen molar-refractivity contribution in [3.05, 3.63) is 83.7 Å². The second kappa shape index (κ2) is 9.45. The molecule has 6 nitrogen and oxygen atoms in total. The number of hydrogen-bond donors (Lipinski definition) is 2. The number of hydrogen-bond acceptors (Lipinski definition) is 5. The molecule has 0 aliphatic carbocycles. The molecule has 0 bridgehead atoms. The monoisotopic (exact) mass is 415 g/mol. The minimum absolute atomic E-state index is 0.280. The molecule has 4 aromatic rings. The van der Waals surface area contributed by atoms with Crippen LogP contribution in [0, 0.1) is 0 Å². The molecule has 31 heavy (non-hydrogen) atoms. The van der Waals surface area contributed by atoms with Crippen LogP contribution in [0.1, 0.15) is 23.6 Å². The molecule has 3 aromatic carbocycles. The largest absolute Gasteiger partial charge is 0.489 e. The minimum Gasteiger partial charge on any atom is -0.489 e. The number of aromatic nitrogens is 2. The zero-order chi connectivity index (χ0) is 21.6. The lowest BCUT2D eigenvalue weighted by atomic mass is 9.99. The number of fused-ring (bicyclic) bond motifs is 1. The number of para-hydroxylation sites is 1. The maximum absolute atomic E-state index is 11.0. The number of nitrogens with one attached hydrogen (secondary N) is 1. The number of carbonyl (C=O) groups excluding carboxylic acids is 1. The van der Waals surface area contributed by atoms with Gasteiger partial charge in [0.25, 0.3) is 0 Å². The molecule has 0 atom stereocenters. The van der Waals surface area contributed by atoms with Gasteiger partial charge in [0.15, 0.2) is 0 Å². The Morgan fingerprint density at radius 3 is 2.77 bits per heavy atom. The minimum atomic E-state index is -0.280. The third-order valence-corrected chi connectivity index (χ3v) is 5.10. The Bertz CT molecular complexity index is 1200. The highest BCUT2D eigenvalue weighted by molar-refractivity contribution is 5.92. The number of benzene rings is 3. The topological polar surface area (TPSA) is 90.2 Å². The molecule has 0 unspecified atom stereocenters. The maximum Gasteiger partial charge on any atom is 0.302 e. The van der Waals surface area contributed by atoms with Crippen LogP contribution < -0.4 is 10.5 Å². The Hall–Kier alpha value is -3.64. The van der Waals surface area contributed by atoms with Crippen LogP contribution in [0.2, 0.25) is 0 Å². The number of nitrogens with two attached hydrogens (primary N) is 1. The van der Waals surface area contributed by atoms with Gasteiger partial charge in [0.05, 0.1) is 24.0 Å². The van der Waals surface area contributed by atoms with E-state index < -0.39 is 0 Å². The van der Waals surface area contributed by atoms with Crippen molar-refractivity contribution in [2.45, 2.75) is 26.5 Å². The number of rotatable bonds is 8. The number of nitrogens with zero attached hydrogens (tertiary/aromatic N) is 1. The smallest absolute Gasteiger partial charge is 0.302 e. The van der Waals surface area contributed by atoms with Crippen LogP contribution in [0.15, 0.2) is 67.0 Å². The first-order valence-electron chi connectivity index (χ1n) is 10.2. The fourth-order valence-electron chi connectivity index (χ4n) is 3.60. The van der Waals surface area contributed by atoms with Crippen molar-refractivity contribution in [2.75, 3.05) is 6.61 Å². The Kier molecular flexibility index (Phi) is 6.29. The second-order valence-corrected chi connectivity index (χ2v) is 7.33. The van der Waals surface area contributed by atoms with Crippen LogP contribution in [0.3, 0.4) is 0 Å². The Morgan fingerprint density at radius 1 is 1.06 bits per heavy atom. The van der Waals surface area contributed by atoms with Gasteiger partial charge in [-0.1, -0.05) is 36.4 Å². The standard InChI is InChI=1S/C25H25N3O3/c1-17(29)30-10-9-20-6-2-3-8-24(20)31-15-19-12-22(25-23(13-19)27-16-28-25)21-7-4-5-18(11-21)14-26/h2-8,11-13,16H,9-10,14-15,26H2,1H3,(H,27,28). The molecule has 0 aliphatic heterocycles. The normalized spacial score (nSPS) is 10.9. The quantitative estimate of drug-likeness (QED) is 0.417. The predicted octanol–water partition coefficient (Wildman–Crippen LogP) is 4.37. The van der Waals surface area contributed by atoms with E-state index >= 15 is 0 Å². The van der Waals surface area contributed by atoms with Crippen molar-refractivity contribution in [3.8, 4) is 16.9 Å². The highest BCUT2D eigenvalue weighted by atomic mass is 16.5. The number of aromatic amines is 1. The Morgan fingerprint density at radius 2 is 1.94 bits per heavy atom. The van der Waals surface area contributed by atoms with Crippen molar-refractivity contribution >= 4 is 17.0 Å². The summed E-state index contributed by atoms with van der Waals surface area (Å²) in [5.74, 6) is 0.503. The third kappa shape index (κ3) is 4.92. The predicted molar refractivity (Wildman–Crippen MR) is 121 cm³/mol. The van der Waals surface area contributed by atoms with Gasteiger partial charge in [0.2, 0.25) is 0 Å². The van der Waals surface area contributed by atoms with Crippen molar-refractivity contribution in [1.29, 1.82) is 0 Å². The van der Waals surface area contributed by atoms with Crippen LogP contribution in [0.5, 0.6) is 5.75 Å². The van der Waals surface area contributed by atoms with Gasteiger partial charge >= 0.3 is 5.97 Å². The van der Waals surface area contributed by atoms with Gasteiger partial charge < -0.3 is 20.2 Å². The number of H-pyrrole nitrogens is 1. The molecule has 0 radical (unpaired) electrons. The highest BCUT2D eigenvalue weighted by Gasteiger charge is 2.11. The van der Waals surface area contributed by atoms with Crippen molar-refractivity contribution in [2.24, 2.45) is 5.73 Å². The second-order valence-electron chi connectivity index (χ2n) is 7.33. The van der Waals surface area contributed by atoms with Gasteiger partial charge in [0.1, 0.15) is 12.4 Å². The molecular weight excluding hydrogens is 390 g/mol. The third-order valence-electron chi connectivity index (χ3n) is 5.10. The molecule has 1 heterocycles. The first kappa shape index (κ1) is 20.6. The summed E-state index contributed by atoms with van der Waals surface area (Å²) in [6.45, 7) is 2.64. The number of ether oxygens (including phenoxy) is 2. The maximum atomic E-state index is 11.0. The fourth-order valence-corrected chi connectivity index (χ4v) is 3.60. The molecule has 0 aliphatic rings. The average molecular weight is 415 g/mol. The lowest BCUT2D eigenvalue weighted by molar-refractivity contribution is -0.140. The van der Waals surface area contributed by atoms with Crippen LogP contribution in [-0.4, -0.2) is 22.5 Å².